The van der Waals surface area contributed by atoms with Crippen molar-refractivity contribution in [2.75, 3.05) is 13.7 Å². The van der Waals surface area contributed by atoms with Gasteiger partial charge in [0, 0.05) is 4.91 Å². The molecule has 112 valence electrons. The summed E-state index contributed by atoms with van der Waals surface area (Å²) in [6.07, 6.45) is -1.30. The molecule has 1 fully saturated rings. The molecule has 1 rings (SSSR count). The van der Waals surface area contributed by atoms with Gasteiger partial charge in [0.25, 0.3) is 0 Å². The third-order valence-corrected chi connectivity index (χ3v) is 3.28. The van der Waals surface area contributed by atoms with E-state index in [-0.39, 0.29) is 5.92 Å². The van der Waals surface area contributed by atoms with Gasteiger partial charge in [-0.2, -0.15) is 0 Å². The Kier molecular flexibility index (Phi) is 5.32. The first-order valence-corrected chi connectivity index (χ1v) is 6.13. The van der Waals surface area contributed by atoms with Crippen LogP contribution in [0.2, 0.25) is 0 Å². The number of esters is 1. The first-order chi connectivity index (χ1) is 9.40. The Bertz CT molecular complexity index is 435. The molecule has 0 saturated carbocycles. The van der Waals surface area contributed by atoms with Gasteiger partial charge in [-0.25, -0.2) is 4.79 Å². The summed E-state index contributed by atoms with van der Waals surface area (Å²) in [6, 6.07) is -2.95. The molecular weight excluding hydrogens is 268 g/mol. The maximum Gasteiger partial charge on any atom is 0.328 e. The zero-order valence-electron chi connectivity index (χ0n) is 11.5. The third-order valence-electron chi connectivity index (χ3n) is 3.28. The molecule has 4 atom stereocenters. The third kappa shape index (κ3) is 2.69. The van der Waals surface area contributed by atoms with Gasteiger partial charge in [0.1, 0.15) is 12.1 Å². The van der Waals surface area contributed by atoms with Gasteiger partial charge in [-0.15, -0.1) is 0 Å². The van der Waals surface area contributed by atoms with E-state index in [1.54, 1.807) is 13.8 Å². The number of aliphatic hydroxyl groups is 2. The molecule has 9 heteroatoms. The number of azide groups is 1. The van der Waals surface area contributed by atoms with Gasteiger partial charge < -0.3 is 19.8 Å². The van der Waals surface area contributed by atoms with Crippen molar-refractivity contribution >= 4 is 11.9 Å². The van der Waals surface area contributed by atoms with Crippen LogP contribution in [-0.4, -0.2) is 64.9 Å². The van der Waals surface area contributed by atoms with Gasteiger partial charge in [0.2, 0.25) is 5.91 Å². The van der Waals surface area contributed by atoms with Crippen molar-refractivity contribution in [1.29, 1.82) is 0 Å². The normalized spacial score (nSPS) is 24.7. The van der Waals surface area contributed by atoms with Crippen LogP contribution < -0.4 is 0 Å². The average Bonchev–Trinajstić information content (AvgIpc) is 2.43. The molecule has 0 aliphatic carbocycles. The van der Waals surface area contributed by atoms with E-state index in [0.717, 1.165) is 4.90 Å². The van der Waals surface area contributed by atoms with Gasteiger partial charge in [0.05, 0.1) is 25.9 Å². The second kappa shape index (κ2) is 6.56. The minimum Gasteiger partial charge on any atom is -0.467 e. The molecule has 0 aromatic carbocycles. The molecule has 0 aromatic rings. The second-order valence-corrected chi connectivity index (χ2v) is 4.85. The molecule has 1 saturated heterocycles. The van der Waals surface area contributed by atoms with Gasteiger partial charge in [-0.1, -0.05) is 19.0 Å². The van der Waals surface area contributed by atoms with E-state index in [2.05, 4.69) is 14.8 Å². The van der Waals surface area contributed by atoms with Crippen molar-refractivity contribution < 1.29 is 24.5 Å². The largest absolute Gasteiger partial charge is 0.467 e. The quantitative estimate of drug-likeness (QED) is 0.221. The highest BCUT2D eigenvalue weighted by atomic mass is 16.5. The fourth-order valence-corrected chi connectivity index (χ4v) is 2.34. The second-order valence-electron chi connectivity index (χ2n) is 4.85. The molecule has 1 aliphatic rings. The Morgan fingerprint density at radius 1 is 1.60 bits per heavy atom. The van der Waals surface area contributed by atoms with Gasteiger partial charge in [-0.3, -0.25) is 4.79 Å². The number of aliphatic hydroxyl groups excluding tert-OH is 2. The number of β-lactam (4-membered cyclic amide) rings is 1. The molecule has 0 radical (unpaired) electrons. The Hall–Kier alpha value is -1.83. The van der Waals surface area contributed by atoms with E-state index >= 15 is 0 Å². The number of hydrogen-bond donors (Lipinski definition) is 2. The standard InChI is InChI=1S/C11H18N4O5/c1-5(2)8(11(19)20-3)15-9(6(17)4-16)7(10(15)18)13-14-12/h5-9,16-17H,4H2,1-3H3/t6-,7-,8+,9+/m1/s1. The highest BCUT2D eigenvalue weighted by molar-refractivity contribution is 5.94. The van der Waals surface area contributed by atoms with E-state index in [1.165, 1.54) is 7.11 Å². The summed E-state index contributed by atoms with van der Waals surface area (Å²) in [5, 5.41) is 22.1. The topological polar surface area (TPSA) is 136 Å². The Morgan fingerprint density at radius 2 is 2.20 bits per heavy atom. The number of likely N-dealkylation sites (tertiary alicyclic amines) is 1. The summed E-state index contributed by atoms with van der Waals surface area (Å²) in [7, 11) is 1.20. The summed E-state index contributed by atoms with van der Waals surface area (Å²) in [5.41, 5.74) is 8.43. The lowest BCUT2D eigenvalue weighted by Crippen LogP contribution is -2.73. The molecule has 2 N–H and O–H groups in total. The van der Waals surface area contributed by atoms with Crippen LogP contribution in [0, 0.1) is 5.92 Å². The molecule has 0 spiro atoms. The Balaban J connectivity index is 3.10. The maximum atomic E-state index is 12.0. The number of ether oxygens (including phenoxy) is 1. The number of carbonyl (C=O) groups excluding carboxylic acids is 2. The van der Waals surface area contributed by atoms with Gasteiger partial charge >= 0.3 is 5.97 Å². The minimum atomic E-state index is -1.30. The first-order valence-electron chi connectivity index (χ1n) is 6.13. The molecule has 0 aromatic heterocycles. The first kappa shape index (κ1) is 16.2. The van der Waals surface area contributed by atoms with E-state index in [0.29, 0.717) is 0 Å². The Labute approximate surface area is 115 Å². The fraction of sp³-hybridized carbons (Fsp3) is 0.818. The smallest absolute Gasteiger partial charge is 0.328 e. The monoisotopic (exact) mass is 286 g/mol. The van der Waals surface area contributed by atoms with Crippen molar-refractivity contribution in [3.63, 3.8) is 0 Å². The van der Waals surface area contributed by atoms with Crippen molar-refractivity contribution in [3.05, 3.63) is 10.4 Å². The predicted octanol–water partition coefficient (Wildman–Crippen LogP) is -0.573. The van der Waals surface area contributed by atoms with Gasteiger partial charge in [0.15, 0.2) is 0 Å². The lowest BCUT2D eigenvalue weighted by Gasteiger charge is -2.50. The van der Waals surface area contributed by atoms with Crippen LogP contribution in [0.25, 0.3) is 10.4 Å². The molecular formula is C11H18N4O5. The zero-order valence-corrected chi connectivity index (χ0v) is 11.5. The number of methoxy groups -OCH3 is 1. The Morgan fingerprint density at radius 3 is 2.60 bits per heavy atom. The van der Waals surface area contributed by atoms with Crippen molar-refractivity contribution in [1.82, 2.24) is 4.90 Å². The van der Waals surface area contributed by atoms with E-state index < -0.39 is 42.7 Å². The lowest BCUT2D eigenvalue weighted by molar-refractivity contribution is -0.175. The molecule has 1 aliphatic heterocycles. The van der Waals surface area contributed by atoms with Crippen molar-refractivity contribution in [2.45, 2.75) is 38.1 Å². The number of amides is 1. The lowest BCUT2D eigenvalue weighted by atomic mass is 9.86. The van der Waals surface area contributed by atoms with Crippen molar-refractivity contribution in [3.8, 4) is 0 Å². The van der Waals surface area contributed by atoms with Crippen LogP contribution in [0.1, 0.15) is 13.8 Å². The molecule has 20 heavy (non-hydrogen) atoms. The molecule has 1 amide bonds. The highest BCUT2D eigenvalue weighted by Crippen LogP contribution is 2.31. The fourth-order valence-electron chi connectivity index (χ4n) is 2.34. The van der Waals surface area contributed by atoms with Crippen LogP contribution in [0.3, 0.4) is 0 Å². The number of nitrogens with zero attached hydrogens (tertiary/aromatic N) is 4. The van der Waals surface area contributed by atoms with Crippen LogP contribution in [0.5, 0.6) is 0 Å². The average molecular weight is 286 g/mol. The number of rotatable bonds is 6. The summed E-state index contributed by atoms with van der Waals surface area (Å²) in [6.45, 7) is 2.83. The minimum absolute atomic E-state index is 0.258. The van der Waals surface area contributed by atoms with Gasteiger partial charge in [-0.05, 0) is 11.4 Å². The van der Waals surface area contributed by atoms with E-state index in [4.69, 9.17) is 10.6 Å². The summed E-state index contributed by atoms with van der Waals surface area (Å²) in [5.74, 6) is -1.45. The molecule has 0 unspecified atom stereocenters. The van der Waals surface area contributed by atoms with Crippen LogP contribution >= 0.6 is 0 Å². The highest BCUT2D eigenvalue weighted by Gasteiger charge is 2.55. The zero-order chi connectivity index (χ0) is 15.4. The molecule has 1 heterocycles. The van der Waals surface area contributed by atoms with Crippen molar-refractivity contribution in [2.24, 2.45) is 11.0 Å². The van der Waals surface area contributed by atoms with E-state index in [9.17, 15) is 14.7 Å². The van der Waals surface area contributed by atoms with Crippen LogP contribution in [0.4, 0.5) is 0 Å². The van der Waals surface area contributed by atoms with E-state index in [1.807, 2.05) is 0 Å². The van der Waals surface area contributed by atoms with Crippen LogP contribution in [0.15, 0.2) is 5.11 Å². The molecule has 9 nitrogen and oxygen atoms in total. The summed E-state index contributed by atoms with van der Waals surface area (Å²) < 4.78 is 4.66. The number of carbonyl (C=O) groups is 2. The SMILES string of the molecule is COC(=O)[C@H](C(C)C)N1C(=O)[C@H](N=[N+]=[N-])[C@@H]1[C@H](O)CO. The summed E-state index contributed by atoms with van der Waals surface area (Å²) in [4.78, 5) is 27.5. The molecule has 0 bridgehead atoms. The van der Waals surface area contributed by atoms with Crippen LogP contribution in [-0.2, 0) is 14.3 Å². The maximum absolute atomic E-state index is 12.0. The predicted molar refractivity (Wildman–Crippen MR) is 67.3 cm³/mol. The number of hydrogen-bond acceptors (Lipinski definition) is 6. The summed E-state index contributed by atoms with van der Waals surface area (Å²) >= 11 is 0.